The zero-order valence-corrected chi connectivity index (χ0v) is 17.9. The number of fused-ring (bicyclic) bond motifs is 1. The zero-order valence-electron chi connectivity index (χ0n) is 17.2. The second kappa shape index (κ2) is 8.26. The number of nitrogens with zero attached hydrogens (tertiary/aromatic N) is 2. The van der Waals surface area contributed by atoms with Crippen molar-refractivity contribution < 1.29 is 27.9 Å². The van der Waals surface area contributed by atoms with Gasteiger partial charge in [0.25, 0.3) is 5.91 Å². The first-order valence-corrected chi connectivity index (χ1v) is 10.4. The van der Waals surface area contributed by atoms with Crippen LogP contribution in [0.1, 0.15) is 30.9 Å². The zero-order chi connectivity index (χ0) is 23.2. The van der Waals surface area contributed by atoms with Crippen LogP contribution in [0.4, 0.5) is 13.2 Å². The standard InChI is InChI=1S/C23H20ClF3N2O3/c1-23-8-3-9-29(23)28(12-14-4-2-5-16(25)20(14)27)22(32)19(21(23)31)18(30)10-13-6-7-15(24)11-17(13)26/h2,4-7,11,31H,3,8-10,12H2,1H3/t23-/m1/s1. The Kier molecular flexibility index (Phi) is 5.77. The Labute approximate surface area is 187 Å². The van der Waals surface area contributed by atoms with Crippen molar-refractivity contribution in [1.82, 2.24) is 10.0 Å². The van der Waals surface area contributed by atoms with Crippen molar-refractivity contribution >= 4 is 23.3 Å². The molecule has 32 heavy (non-hydrogen) atoms. The number of ketones is 1. The van der Waals surface area contributed by atoms with Gasteiger partial charge in [0.2, 0.25) is 0 Å². The average Bonchev–Trinajstić information content (AvgIpc) is 3.14. The molecule has 1 fully saturated rings. The summed E-state index contributed by atoms with van der Waals surface area (Å²) in [7, 11) is 0. The Hall–Kier alpha value is -2.84. The van der Waals surface area contributed by atoms with Crippen molar-refractivity contribution in [3.05, 3.63) is 81.3 Å². The van der Waals surface area contributed by atoms with Gasteiger partial charge in [0.1, 0.15) is 17.1 Å². The summed E-state index contributed by atoms with van der Waals surface area (Å²) in [6.45, 7) is 1.74. The maximum Gasteiger partial charge on any atom is 0.275 e. The van der Waals surface area contributed by atoms with E-state index < -0.39 is 52.4 Å². The van der Waals surface area contributed by atoms with E-state index in [1.54, 1.807) is 11.9 Å². The van der Waals surface area contributed by atoms with E-state index in [0.29, 0.717) is 19.4 Å². The summed E-state index contributed by atoms with van der Waals surface area (Å²) in [6.07, 6.45) is 0.593. The number of hydrazine groups is 1. The van der Waals surface area contributed by atoms with Gasteiger partial charge < -0.3 is 5.11 Å². The first-order valence-electron chi connectivity index (χ1n) is 10.1. The summed E-state index contributed by atoms with van der Waals surface area (Å²) in [5.41, 5.74) is -1.59. The summed E-state index contributed by atoms with van der Waals surface area (Å²) in [4.78, 5) is 26.4. The minimum Gasteiger partial charge on any atom is -0.509 e. The van der Waals surface area contributed by atoms with E-state index in [-0.39, 0.29) is 22.7 Å². The van der Waals surface area contributed by atoms with Gasteiger partial charge in [-0.1, -0.05) is 29.8 Å². The van der Waals surface area contributed by atoms with Crippen molar-refractivity contribution in [1.29, 1.82) is 0 Å². The molecule has 0 unspecified atom stereocenters. The van der Waals surface area contributed by atoms with Gasteiger partial charge in [0.05, 0.1) is 12.1 Å². The third kappa shape index (κ3) is 3.67. The number of amides is 1. The van der Waals surface area contributed by atoms with Crippen LogP contribution in [-0.2, 0) is 22.6 Å². The minimum absolute atomic E-state index is 0.0224. The molecule has 1 amide bonds. The van der Waals surface area contributed by atoms with Crippen molar-refractivity contribution in [3.63, 3.8) is 0 Å². The molecule has 9 heteroatoms. The fourth-order valence-electron chi connectivity index (χ4n) is 4.35. The highest BCUT2D eigenvalue weighted by molar-refractivity contribution is 6.30. The van der Waals surface area contributed by atoms with Crippen LogP contribution in [0, 0.1) is 17.5 Å². The highest BCUT2D eigenvalue weighted by Crippen LogP contribution is 2.42. The molecule has 4 rings (SSSR count). The van der Waals surface area contributed by atoms with Crippen molar-refractivity contribution in [2.45, 2.75) is 38.3 Å². The van der Waals surface area contributed by atoms with Gasteiger partial charge in [-0.15, -0.1) is 0 Å². The Morgan fingerprint density at radius 2 is 1.91 bits per heavy atom. The fraction of sp³-hybridized carbons (Fsp3) is 0.304. The summed E-state index contributed by atoms with van der Waals surface area (Å²) < 4.78 is 42.2. The number of hydrogen-bond acceptors (Lipinski definition) is 4. The largest absolute Gasteiger partial charge is 0.509 e. The predicted octanol–water partition coefficient (Wildman–Crippen LogP) is 4.49. The van der Waals surface area contributed by atoms with Crippen LogP contribution in [0.5, 0.6) is 0 Å². The fourth-order valence-corrected chi connectivity index (χ4v) is 4.51. The smallest absolute Gasteiger partial charge is 0.275 e. The number of carbonyl (C=O) groups is 2. The summed E-state index contributed by atoms with van der Waals surface area (Å²) in [5.74, 6) is -4.85. The lowest BCUT2D eigenvalue weighted by Crippen LogP contribution is -2.60. The van der Waals surface area contributed by atoms with E-state index in [2.05, 4.69) is 0 Å². The van der Waals surface area contributed by atoms with Crippen molar-refractivity contribution in [2.75, 3.05) is 6.54 Å². The second-order valence-corrected chi connectivity index (χ2v) is 8.57. The molecule has 1 atom stereocenters. The van der Waals surface area contributed by atoms with E-state index in [4.69, 9.17) is 11.6 Å². The minimum atomic E-state index is -1.09. The number of Topliss-reactive ketones (excluding diaryl/α,β-unsaturated/α-hetero) is 1. The van der Waals surface area contributed by atoms with Crippen LogP contribution in [0.2, 0.25) is 5.02 Å². The van der Waals surface area contributed by atoms with Gasteiger partial charge >= 0.3 is 0 Å². The number of halogens is 4. The second-order valence-electron chi connectivity index (χ2n) is 8.14. The van der Waals surface area contributed by atoms with Crippen LogP contribution in [0.15, 0.2) is 47.7 Å². The molecule has 2 heterocycles. The molecule has 1 N–H and O–H groups in total. The maximum absolute atomic E-state index is 14.3. The van der Waals surface area contributed by atoms with Crippen molar-refractivity contribution in [2.24, 2.45) is 0 Å². The van der Waals surface area contributed by atoms with Crippen molar-refractivity contribution in [3.8, 4) is 0 Å². The molecular weight excluding hydrogens is 445 g/mol. The number of carbonyl (C=O) groups excluding carboxylic acids is 2. The first kappa shape index (κ1) is 22.4. The molecule has 168 valence electrons. The number of benzene rings is 2. The van der Waals surface area contributed by atoms with Gasteiger partial charge in [0.15, 0.2) is 17.4 Å². The monoisotopic (exact) mass is 464 g/mol. The molecule has 0 saturated carbocycles. The highest BCUT2D eigenvalue weighted by Gasteiger charge is 2.52. The first-order chi connectivity index (χ1) is 15.1. The predicted molar refractivity (Wildman–Crippen MR) is 111 cm³/mol. The van der Waals surface area contributed by atoms with Crippen LogP contribution in [0.3, 0.4) is 0 Å². The molecule has 2 aliphatic heterocycles. The molecule has 0 spiro atoms. The van der Waals surface area contributed by atoms with Gasteiger partial charge in [-0.3, -0.25) is 14.6 Å². The summed E-state index contributed by atoms with van der Waals surface area (Å²) in [5, 5.41) is 13.8. The third-order valence-corrected chi connectivity index (χ3v) is 6.32. The van der Waals surface area contributed by atoms with E-state index in [9.17, 15) is 27.9 Å². The molecule has 2 aromatic rings. The summed E-state index contributed by atoms with van der Waals surface area (Å²) in [6, 6.07) is 7.46. The van der Waals surface area contributed by atoms with Gasteiger partial charge in [0, 0.05) is 23.6 Å². The Morgan fingerprint density at radius 3 is 2.62 bits per heavy atom. The van der Waals surface area contributed by atoms with Gasteiger partial charge in [-0.05, 0) is 43.5 Å². The number of aliphatic hydroxyl groups excluding tert-OH is 1. The molecule has 2 aliphatic rings. The Morgan fingerprint density at radius 1 is 1.16 bits per heavy atom. The topological polar surface area (TPSA) is 60.9 Å². The van der Waals surface area contributed by atoms with E-state index >= 15 is 0 Å². The lowest BCUT2D eigenvalue weighted by atomic mass is 9.88. The maximum atomic E-state index is 14.3. The number of hydrogen-bond donors (Lipinski definition) is 1. The normalized spacial score (nSPS) is 21.3. The lowest BCUT2D eigenvalue weighted by Gasteiger charge is -2.46. The van der Waals surface area contributed by atoms with E-state index in [0.717, 1.165) is 17.1 Å². The number of rotatable bonds is 5. The van der Waals surface area contributed by atoms with Crippen LogP contribution in [0.25, 0.3) is 0 Å². The molecule has 0 radical (unpaired) electrons. The molecular formula is C23H20ClF3N2O3. The Balaban J connectivity index is 1.72. The molecule has 0 aliphatic carbocycles. The molecule has 5 nitrogen and oxygen atoms in total. The molecule has 0 aromatic heterocycles. The number of aliphatic hydroxyl groups is 1. The highest BCUT2D eigenvalue weighted by atomic mass is 35.5. The SMILES string of the molecule is C[C@]12CCCN1N(Cc1cccc(F)c1F)C(=O)C(C(=O)Cc1ccc(Cl)cc1F)=C2O. The summed E-state index contributed by atoms with van der Waals surface area (Å²) >= 11 is 5.75. The van der Waals surface area contributed by atoms with Crippen LogP contribution < -0.4 is 0 Å². The van der Waals surface area contributed by atoms with E-state index in [1.807, 2.05) is 0 Å². The lowest BCUT2D eigenvalue weighted by molar-refractivity contribution is -0.160. The quantitative estimate of drug-likeness (QED) is 0.662. The Bertz CT molecular complexity index is 1150. The van der Waals surface area contributed by atoms with Gasteiger partial charge in [-0.25, -0.2) is 18.2 Å². The molecule has 2 aromatic carbocycles. The van der Waals surface area contributed by atoms with Gasteiger partial charge in [-0.2, -0.15) is 0 Å². The molecule has 1 saturated heterocycles. The third-order valence-electron chi connectivity index (χ3n) is 6.09. The average molecular weight is 465 g/mol. The van der Waals surface area contributed by atoms with Crippen LogP contribution >= 0.6 is 11.6 Å². The van der Waals surface area contributed by atoms with E-state index in [1.165, 1.54) is 24.3 Å². The van der Waals surface area contributed by atoms with Crippen LogP contribution in [-0.4, -0.2) is 38.9 Å². The molecule has 0 bridgehead atoms.